The summed E-state index contributed by atoms with van der Waals surface area (Å²) in [5.41, 5.74) is 8.53. The predicted molar refractivity (Wildman–Crippen MR) is 136 cm³/mol. The van der Waals surface area contributed by atoms with E-state index in [2.05, 4.69) is 39.9 Å². The van der Waals surface area contributed by atoms with E-state index in [0.717, 1.165) is 67.2 Å². The Morgan fingerprint density at radius 2 is 1.94 bits per heavy atom. The number of fused-ring (bicyclic) bond motifs is 3. The molecule has 10 heteroatoms. The van der Waals surface area contributed by atoms with Crippen molar-refractivity contribution in [3.05, 3.63) is 33.9 Å². The molecule has 7 nitrogen and oxygen atoms in total. The van der Waals surface area contributed by atoms with Crippen LogP contribution in [-0.4, -0.2) is 59.4 Å². The molecule has 1 amide bonds. The van der Waals surface area contributed by atoms with E-state index in [4.69, 9.17) is 17.3 Å². The lowest BCUT2D eigenvalue weighted by atomic mass is 9.97. The van der Waals surface area contributed by atoms with Crippen LogP contribution < -0.4 is 11.1 Å². The number of halogens is 1. The summed E-state index contributed by atoms with van der Waals surface area (Å²) in [7, 11) is 2.07. The lowest BCUT2D eigenvalue weighted by Gasteiger charge is -2.29. The molecule has 2 aliphatic rings. The molecule has 3 aromatic rings. The Bertz CT molecular complexity index is 1110. The van der Waals surface area contributed by atoms with Gasteiger partial charge in [0.15, 0.2) is 0 Å². The number of aromatic nitrogens is 2. The summed E-state index contributed by atoms with van der Waals surface area (Å²) >= 11 is 12.4. The number of nitrogen functional groups attached to an aromatic ring is 1. The molecule has 3 N–H and O–H groups in total. The van der Waals surface area contributed by atoms with Gasteiger partial charge in [-0.25, -0.2) is 9.97 Å². The predicted octanol–water partition coefficient (Wildman–Crippen LogP) is 4.23. The Morgan fingerprint density at radius 3 is 2.69 bits per heavy atom. The molecule has 0 atom stereocenters. The Balaban J connectivity index is 0.000000230. The molecular weight excluding hydrogens is 464 g/mol. The molecule has 3 heterocycles. The fourth-order valence-corrected chi connectivity index (χ4v) is 5.55. The van der Waals surface area contributed by atoms with Crippen molar-refractivity contribution in [2.24, 2.45) is 0 Å². The van der Waals surface area contributed by atoms with Gasteiger partial charge in [-0.2, -0.15) is 0 Å². The first-order valence-electron chi connectivity index (χ1n) is 10.6. The quantitative estimate of drug-likeness (QED) is 0.289. The van der Waals surface area contributed by atoms with Crippen LogP contribution in [0.2, 0.25) is 5.02 Å². The van der Waals surface area contributed by atoms with Gasteiger partial charge >= 0.3 is 0 Å². The highest BCUT2D eigenvalue weighted by Crippen LogP contribution is 2.40. The van der Waals surface area contributed by atoms with Crippen LogP contribution in [0.4, 0.5) is 17.2 Å². The third-order valence-corrected chi connectivity index (χ3v) is 7.71. The first-order valence-corrected chi connectivity index (χ1v) is 12.3. The first-order chi connectivity index (χ1) is 15.5. The molecule has 1 aliphatic heterocycles. The molecule has 1 aromatic carbocycles. The fourth-order valence-electron chi connectivity index (χ4n) is 3.91. The van der Waals surface area contributed by atoms with Gasteiger partial charge in [0.1, 0.15) is 17.0 Å². The number of thiol groups is 1. The number of aryl methyl sites for hydroxylation is 2. The minimum Gasteiger partial charge on any atom is -0.398 e. The maximum absolute atomic E-state index is 10.2. The van der Waals surface area contributed by atoms with Crippen LogP contribution in [0.25, 0.3) is 10.2 Å². The molecule has 2 aromatic heterocycles. The minimum atomic E-state index is 0.552. The van der Waals surface area contributed by atoms with Gasteiger partial charge in [-0.3, -0.25) is 4.79 Å². The Kier molecular flexibility index (Phi) is 7.40. The molecule has 0 unspecified atom stereocenters. The van der Waals surface area contributed by atoms with Gasteiger partial charge in [0.2, 0.25) is 6.41 Å². The highest BCUT2D eigenvalue weighted by molar-refractivity contribution is 7.80. The fraction of sp³-hybridized carbons (Fsp3) is 0.409. The lowest BCUT2D eigenvalue weighted by Crippen LogP contribution is -2.43. The van der Waals surface area contributed by atoms with Crippen molar-refractivity contribution in [3.8, 4) is 0 Å². The third kappa shape index (κ3) is 5.11. The van der Waals surface area contributed by atoms with Crippen molar-refractivity contribution < 1.29 is 4.79 Å². The zero-order valence-electron chi connectivity index (χ0n) is 18.0. The number of anilines is 3. The van der Waals surface area contributed by atoms with E-state index in [9.17, 15) is 4.79 Å². The van der Waals surface area contributed by atoms with Crippen molar-refractivity contribution >= 4 is 69.4 Å². The second kappa shape index (κ2) is 10.2. The van der Waals surface area contributed by atoms with E-state index in [1.165, 1.54) is 23.3 Å². The number of hydrogen-bond acceptors (Lipinski definition) is 8. The van der Waals surface area contributed by atoms with Gasteiger partial charge in [-0.15, -0.1) is 24.0 Å². The van der Waals surface area contributed by atoms with Gasteiger partial charge in [-0.05, 0) is 50.4 Å². The van der Waals surface area contributed by atoms with E-state index >= 15 is 0 Å². The largest absolute Gasteiger partial charge is 0.398 e. The minimum absolute atomic E-state index is 0.552. The van der Waals surface area contributed by atoms with Crippen molar-refractivity contribution in [2.45, 2.75) is 30.6 Å². The molecule has 32 heavy (non-hydrogen) atoms. The van der Waals surface area contributed by atoms with Crippen LogP contribution in [0, 0.1) is 0 Å². The molecule has 0 radical (unpaired) electrons. The van der Waals surface area contributed by atoms with Crippen molar-refractivity contribution in [2.75, 3.05) is 44.3 Å². The number of carbonyl (C=O) groups is 1. The van der Waals surface area contributed by atoms with Gasteiger partial charge in [-0.1, -0.05) is 11.6 Å². The van der Waals surface area contributed by atoms with Crippen LogP contribution >= 0.6 is 35.6 Å². The average molecular weight is 491 g/mol. The van der Waals surface area contributed by atoms with Crippen LogP contribution in [0.5, 0.6) is 0 Å². The molecule has 1 fully saturated rings. The van der Waals surface area contributed by atoms with Crippen LogP contribution in [-0.2, 0) is 17.6 Å². The van der Waals surface area contributed by atoms with Gasteiger partial charge in [0.25, 0.3) is 0 Å². The maximum atomic E-state index is 10.2. The highest BCUT2D eigenvalue weighted by atomic mass is 35.5. The number of nitrogens with zero attached hydrogens (tertiary/aromatic N) is 4. The zero-order chi connectivity index (χ0) is 22.7. The van der Waals surface area contributed by atoms with E-state index in [1.807, 2.05) is 6.07 Å². The molecule has 1 saturated heterocycles. The lowest BCUT2D eigenvalue weighted by molar-refractivity contribution is -0.119. The topological polar surface area (TPSA) is 87.4 Å². The summed E-state index contributed by atoms with van der Waals surface area (Å²) < 4.78 is 0. The summed E-state index contributed by atoms with van der Waals surface area (Å²) in [6, 6.07) is 3.53. The van der Waals surface area contributed by atoms with E-state index in [0.29, 0.717) is 15.6 Å². The normalized spacial score (nSPS) is 16.3. The van der Waals surface area contributed by atoms with Crippen molar-refractivity contribution in [3.63, 3.8) is 0 Å². The maximum Gasteiger partial charge on any atom is 0.209 e. The SMILES string of the molecule is CN1CCN(C=O)CC1.Nc1cc(Cl)c(Nc2ncnc3sc4c(c23)CCCC4)cc1S. The Labute approximate surface area is 202 Å². The second-order valence-electron chi connectivity index (χ2n) is 8.07. The molecule has 0 bridgehead atoms. The summed E-state index contributed by atoms with van der Waals surface area (Å²) in [6.07, 6.45) is 7.22. The summed E-state index contributed by atoms with van der Waals surface area (Å²) in [5.74, 6) is 0.800. The smallest absolute Gasteiger partial charge is 0.209 e. The van der Waals surface area contributed by atoms with Crippen molar-refractivity contribution in [1.82, 2.24) is 19.8 Å². The summed E-state index contributed by atoms with van der Waals surface area (Å²) in [6.45, 7) is 3.80. The van der Waals surface area contributed by atoms with Crippen LogP contribution in [0.3, 0.4) is 0 Å². The number of carbonyl (C=O) groups excluding carboxylic acids is 1. The number of rotatable bonds is 3. The van der Waals surface area contributed by atoms with Gasteiger partial charge in [0, 0.05) is 41.6 Å². The summed E-state index contributed by atoms with van der Waals surface area (Å²) in [5, 5.41) is 5.02. The molecule has 5 rings (SSSR count). The second-order valence-corrected chi connectivity index (χ2v) is 10.0. The van der Waals surface area contributed by atoms with E-state index < -0.39 is 0 Å². The highest BCUT2D eigenvalue weighted by Gasteiger charge is 2.20. The molecule has 0 spiro atoms. The monoisotopic (exact) mass is 490 g/mol. The number of amides is 1. The average Bonchev–Trinajstić information content (AvgIpc) is 3.18. The summed E-state index contributed by atoms with van der Waals surface area (Å²) in [4.78, 5) is 26.3. The number of benzene rings is 1. The number of nitrogens with one attached hydrogen (secondary N) is 1. The third-order valence-electron chi connectivity index (χ3n) is 5.81. The number of hydrogen-bond donors (Lipinski definition) is 3. The zero-order valence-corrected chi connectivity index (χ0v) is 20.4. The van der Waals surface area contributed by atoms with Crippen LogP contribution in [0.1, 0.15) is 23.3 Å². The number of thiophene rings is 1. The molecule has 0 saturated carbocycles. The van der Waals surface area contributed by atoms with Crippen LogP contribution in [0.15, 0.2) is 23.4 Å². The standard InChI is InChI=1S/C16H15ClN4S2.C6H12N2O/c17-9-5-10(18)12(22)6-11(9)21-15-14-8-3-1-2-4-13(8)23-16(14)20-7-19-15;1-7-2-4-8(6-9)5-3-7/h5-7,22H,1-4,18H2,(H,19,20,21);6H,2-5H2,1H3. The van der Waals surface area contributed by atoms with Crippen molar-refractivity contribution in [1.29, 1.82) is 0 Å². The van der Waals surface area contributed by atoms with E-state index in [-0.39, 0.29) is 0 Å². The van der Waals surface area contributed by atoms with Gasteiger partial charge in [0.05, 0.1) is 16.1 Å². The molecular formula is C22H27ClN6OS2. The molecule has 1 aliphatic carbocycles. The number of nitrogens with two attached hydrogens (primary N) is 1. The van der Waals surface area contributed by atoms with E-state index in [1.54, 1.807) is 28.6 Å². The number of piperazine rings is 1. The molecule has 170 valence electrons. The number of likely N-dealkylation sites (N-methyl/N-ethyl adjacent to an activating group) is 1. The Morgan fingerprint density at radius 1 is 1.19 bits per heavy atom. The van der Waals surface area contributed by atoms with Gasteiger partial charge < -0.3 is 20.9 Å². The first kappa shape index (κ1) is 23.1. The Hall–Kier alpha value is -2.07.